The fourth-order valence-corrected chi connectivity index (χ4v) is 1.64. The molecule has 0 amide bonds. The summed E-state index contributed by atoms with van der Waals surface area (Å²) in [5.74, 6) is 0.300. The molecule has 0 aliphatic carbocycles. The van der Waals surface area contributed by atoms with Crippen LogP contribution >= 0.6 is 0 Å². The predicted molar refractivity (Wildman–Crippen MR) is 49.7 cm³/mol. The number of ether oxygens (including phenoxy) is 1. The topological polar surface area (TPSA) is 26.3 Å². The van der Waals surface area contributed by atoms with Crippen molar-refractivity contribution in [1.29, 1.82) is 0 Å². The normalized spacial score (nSPS) is 13.7. The number of carbonyl (C=O) groups is 1. The summed E-state index contributed by atoms with van der Waals surface area (Å²) in [7, 11) is 0. The Morgan fingerprint density at radius 1 is 1.31 bits per heavy atom. The van der Waals surface area contributed by atoms with Crippen LogP contribution < -0.4 is 61.6 Å². The Bertz CT molecular complexity index is 420. The molecule has 0 saturated heterocycles. The zero-order valence-electron chi connectivity index (χ0n) is 8.67. The maximum atomic E-state index is 12.5. The minimum Gasteiger partial charge on any atom is -0.492 e. The number of carbonyl (C=O) groups excluding carboxylic acids is 1. The van der Waals surface area contributed by atoms with Crippen LogP contribution in [0.25, 0.3) is 0 Å². The minimum atomic E-state index is -5.06. The van der Waals surface area contributed by atoms with Crippen molar-refractivity contribution in [2.24, 2.45) is 0 Å². The van der Waals surface area contributed by atoms with E-state index in [0.29, 0.717) is 30.6 Å². The molecule has 0 spiro atoms. The van der Waals surface area contributed by atoms with Gasteiger partial charge < -0.3 is 17.7 Å². The summed E-state index contributed by atoms with van der Waals surface area (Å²) in [6.45, 7) is -4.72. The quantitative estimate of drug-likeness (QED) is 0.474. The second kappa shape index (κ2) is 5.22. The number of rotatable bonds is 2. The molecule has 0 bridgehead atoms. The molecule has 1 aliphatic rings. The number of halogens is 3. The molecule has 1 heterocycles. The van der Waals surface area contributed by atoms with E-state index in [9.17, 15) is 17.7 Å². The van der Waals surface area contributed by atoms with Crippen LogP contribution in [0.1, 0.15) is 15.9 Å². The molecule has 0 saturated carbocycles. The van der Waals surface area contributed by atoms with Crippen LogP contribution in [0.2, 0.25) is 0 Å². The van der Waals surface area contributed by atoms with Gasteiger partial charge in [0.25, 0.3) is 0 Å². The van der Waals surface area contributed by atoms with Crippen LogP contribution in [0, 0.1) is 0 Å². The van der Waals surface area contributed by atoms with E-state index in [1.54, 1.807) is 0 Å². The Kier molecular flexibility index (Phi) is 4.65. The Hall–Kier alpha value is 0.181. The number of hydrogen-bond donors (Lipinski definition) is 0. The third-order valence-electron chi connectivity index (χ3n) is 2.34. The maximum absolute atomic E-state index is 12.5. The predicted octanol–water partition coefficient (Wildman–Crippen LogP) is -1.51. The molecule has 2 rings (SSSR count). The zero-order chi connectivity index (χ0) is 11.1. The number of fused-ring (bicyclic) bond motifs is 1. The van der Waals surface area contributed by atoms with E-state index in [4.69, 9.17) is 4.74 Å². The average Bonchev–Trinajstić information content (AvgIpc) is 2.62. The van der Waals surface area contributed by atoms with Crippen molar-refractivity contribution in [3.05, 3.63) is 23.3 Å². The molecule has 0 unspecified atom stereocenters. The summed E-state index contributed by atoms with van der Waals surface area (Å²) in [6.07, 6.45) is 0.825. The van der Waals surface area contributed by atoms with E-state index < -0.39 is 12.4 Å². The molecule has 0 fully saturated rings. The third kappa shape index (κ3) is 2.70. The summed E-state index contributed by atoms with van der Waals surface area (Å²) < 4.78 is 42.5. The molecule has 7 heteroatoms. The van der Waals surface area contributed by atoms with Crippen LogP contribution in [0.15, 0.2) is 12.1 Å². The van der Waals surface area contributed by atoms with Crippen LogP contribution in [-0.4, -0.2) is 19.9 Å². The Balaban J connectivity index is 0.00000128. The van der Waals surface area contributed by atoms with Gasteiger partial charge in [-0.25, -0.2) is 0 Å². The molecule has 0 radical (unpaired) electrons. The van der Waals surface area contributed by atoms with Gasteiger partial charge in [0.1, 0.15) is 5.75 Å². The van der Waals surface area contributed by atoms with Gasteiger partial charge in [0, 0.05) is 6.42 Å². The molecular formula is C9H7BF3KO2. The Morgan fingerprint density at radius 3 is 2.56 bits per heavy atom. The molecule has 16 heavy (non-hydrogen) atoms. The monoisotopic (exact) mass is 254 g/mol. The van der Waals surface area contributed by atoms with Crippen molar-refractivity contribution in [1.82, 2.24) is 0 Å². The van der Waals surface area contributed by atoms with Gasteiger partial charge in [0.15, 0.2) is 6.29 Å². The average molecular weight is 254 g/mol. The SMILES string of the molecule is O=Cc1cc([B-](F)(F)F)cc2c1OCC2.[K+]. The van der Waals surface area contributed by atoms with Crippen LogP contribution in [0.3, 0.4) is 0 Å². The zero-order valence-corrected chi connectivity index (χ0v) is 11.8. The first-order chi connectivity index (χ1) is 7.02. The molecule has 0 atom stereocenters. The molecular weight excluding hydrogens is 247 g/mol. The van der Waals surface area contributed by atoms with Gasteiger partial charge in [0.2, 0.25) is 0 Å². The fourth-order valence-electron chi connectivity index (χ4n) is 1.64. The van der Waals surface area contributed by atoms with Gasteiger partial charge in [-0.1, -0.05) is 12.1 Å². The van der Waals surface area contributed by atoms with E-state index in [1.165, 1.54) is 0 Å². The summed E-state index contributed by atoms with van der Waals surface area (Å²) in [5, 5.41) is 0. The first kappa shape index (κ1) is 14.2. The smallest absolute Gasteiger partial charge is 0.492 e. The molecule has 1 aromatic carbocycles. The number of benzene rings is 1. The van der Waals surface area contributed by atoms with E-state index in [0.717, 1.165) is 12.1 Å². The van der Waals surface area contributed by atoms with Crippen molar-refractivity contribution in [2.75, 3.05) is 6.61 Å². The van der Waals surface area contributed by atoms with Gasteiger partial charge >= 0.3 is 58.4 Å². The van der Waals surface area contributed by atoms with Gasteiger partial charge in [-0.05, 0) is 5.56 Å². The van der Waals surface area contributed by atoms with E-state index >= 15 is 0 Å². The molecule has 1 aliphatic heterocycles. The molecule has 2 nitrogen and oxygen atoms in total. The van der Waals surface area contributed by atoms with E-state index in [-0.39, 0.29) is 56.9 Å². The van der Waals surface area contributed by atoms with Crippen molar-refractivity contribution in [2.45, 2.75) is 6.42 Å². The standard InChI is InChI=1S/C9H7BF3O2.K/c11-10(12,13)8-3-6-1-2-15-9(6)7(4-8)5-14;/h3-5H,1-2H2;/q-1;+1. The largest absolute Gasteiger partial charge is 1.00 e. The van der Waals surface area contributed by atoms with Crippen LogP contribution in [0.4, 0.5) is 12.9 Å². The summed E-state index contributed by atoms with van der Waals surface area (Å²) >= 11 is 0. The minimum absolute atomic E-state index is 0. The van der Waals surface area contributed by atoms with Crippen LogP contribution in [-0.2, 0) is 6.42 Å². The summed E-state index contributed by atoms with van der Waals surface area (Å²) in [5.41, 5.74) is -0.283. The van der Waals surface area contributed by atoms with Crippen molar-refractivity contribution < 1.29 is 73.9 Å². The van der Waals surface area contributed by atoms with Gasteiger partial charge in [-0.2, -0.15) is 0 Å². The van der Waals surface area contributed by atoms with Crippen molar-refractivity contribution in [3.63, 3.8) is 0 Å². The Morgan fingerprint density at radius 2 is 2.00 bits per heavy atom. The molecule has 0 N–H and O–H groups in total. The first-order valence-electron chi connectivity index (χ1n) is 4.47. The summed E-state index contributed by atoms with van der Waals surface area (Å²) in [6, 6.07) is 1.91. The molecule has 80 valence electrons. The first-order valence-corrected chi connectivity index (χ1v) is 4.47. The number of hydrogen-bond acceptors (Lipinski definition) is 2. The maximum Gasteiger partial charge on any atom is 1.00 e. The Labute approximate surface area is 133 Å². The molecule has 1 aromatic rings. The van der Waals surface area contributed by atoms with E-state index in [2.05, 4.69) is 0 Å². The third-order valence-corrected chi connectivity index (χ3v) is 2.34. The number of aldehydes is 1. The van der Waals surface area contributed by atoms with Crippen LogP contribution in [0.5, 0.6) is 5.75 Å². The van der Waals surface area contributed by atoms with Gasteiger partial charge in [-0.3, -0.25) is 4.79 Å². The second-order valence-electron chi connectivity index (χ2n) is 3.39. The fraction of sp³-hybridized carbons (Fsp3) is 0.222. The van der Waals surface area contributed by atoms with Gasteiger partial charge in [-0.15, -0.1) is 5.46 Å². The van der Waals surface area contributed by atoms with E-state index in [1.807, 2.05) is 0 Å². The summed E-state index contributed by atoms with van der Waals surface area (Å²) in [4.78, 5) is 10.6. The molecule has 0 aromatic heterocycles. The van der Waals surface area contributed by atoms with Crippen molar-refractivity contribution >= 4 is 18.7 Å². The van der Waals surface area contributed by atoms with Crippen molar-refractivity contribution in [3.8, 4) is 5.75 Å². The van der Waals surface area contributed by atoms with Gasteiger partial charge in [0.05, 0.1) is 12.2 Å². The second-order valence-corrected chi connectivity index (χ2v) is 3.39.